The zero-order chi connectivity index (χ0) is 26.8. The number of rotatable bonds is 8. The second-order valence-corrected chi connectivity index (χ2v) is 9.92. The number of fused-ring (bicyclic) bond motifs is 2. The molecule has 0 bridgehead atoms. The van der Waals surface area contributed by atoms with Crippen LogP contribution >= 0.6 is 11.6 Å². The van der Waals surface area contributed by atoms with Crippen molar-refractivity contribution in [3.8, 4) is 5.75 Å². The minimum Gasteiger partial charge on any atom is -0.487 e. The maximum atomic E-state index is 13.0. The Hall–Kier alpha value is -4.16. The molecule has 0 saturated carbocycles. The Morgan fingerprint density at radius 3 is 2.76 bits per heavy atom. The number of allylic oxidation sites excluding steroid dienone is 2. The minimum atomic E-state index is 0.0120. The van der Waals surface area contributed by atoms with E-state index >= 15 is 0 Å². The minimum absolute atomic E-state index is 0.0120. The third-order valence-electron chi connectivity index (χ3n) is 6.69. The van der Waals surface area contributed by atoms with Crippen molar-refractivity contribution in [2.75, 3.05) is 14.1 Å². The molecule has 0 aliphatic carbocycles. The van der Waals surface area contributed by atoms with Crippen molar-refractivity contribution < 1.29 is 9.53 Å². The first-order valence-electron chi connectivity index (χ1n) is 12.4. The number of ether oxygens (including phenoxy) is 1. The highest BCUT2D eigenvalue weighted by molar-refractivity contribution is 6.31. The van der Waals surface area contributed by atoms with E-state index in [1.54, 1.807) is 18.5 Å². The third-order valence-corrected chi connectivity index (χ3v) is 7.01. The summed E-state index contributed by atoms with van der Waals surface area (Å²) in [6.07, 6.45) is 7.14. The highest BCUT2D eigenvalue weighted by Gasteiger charge is 2.27. The lowest BCUT2D eigenvalue weighted by atomic mass is 10.0. The van der Waals surface area contributed by atoms with Crippen molar-refractivity contribution in [2.24, 2.45) is 0 Å². The number of benzene rings is 2. The maximum Gasteiger partial charge on any atom is 0.254 e. The third kappa shape index (κ3) is 4.87. The maximum absolute atomic E-state index is 13.0. The first-order chi connectivity index (χ1) is 18.4. The van der Waals surface area contributed by atoms with Crippen molar-refractivity contribution >= 4 is 34.1 Å². The molecule has 0 radical (unpaired) electrons. The quantitative estimate of drug-likeness (QED) is 0.249. The first-order valence-corrected chi connectivity index (χ1v) is 12.8. The Labute approximate surface area is 227 Å². The molecular formula is C31H29ClN4O2. The van der Waals surface area contributed by atoms with Crippen molar-refractivity contribution in [2.45, 2.75) is 26.6 Å². The largest absolute Gasteiger partial charge is 0.487 e. The zero-order valence-corrected chi connectivity index (χ0v) is 22.5. The fraction of sp³-hybridized carbons (Fsp3) is 0.194. The average molecular weight is 525 g/mol. The number of para-hydroxylation sites is 1. The van der Waals surface area contributed by atoms with Crippen molar-refractivity contribution in [3.05, 3.63) is 118 Å². The number of carbonyl (C=O) groups excluding carboxylic acids is 1. The van der Waals surface area contributed by atoms with E-state index in [4.69, 9.17) is 21.3 Å². The monoisotopic (exact) mass is 524 g/mol. The van der Waals surface area contributed by atoms with Gasteiger partial charge in [-0.2, -0.15) is 0 Å². The highest BCUT2D eigenvalue weighted by atomic mass is 35.5. The summed E-state index contributed by atoms with van der Waals surface area (Å²) in [6, 6.07) is 15.7. The number of carbonyl (C=O) groups is 1. The summed E-state index contributed by atoms with van der Waals surface area (Å²) in [6.45, 7) is 7.03. The number of hydrogen-bond donors (Lipinski definition) is 0. The normalized spacial score (nSPS) is 13.1. The summed E-state index contributed by atoms with van der Waals surface area (Å²) in [7, 11) is 4.02. The lowest BCUT2D eigenvalue weighted by Gasteiger charge is -2.21. The van der Waals surface area contributed by atoms with Gasteiger partial charge < -0.3 is 14.5 Å². The Bertz CT molecular complexity index is 1580. The molecule has 6 nitrogen and oxygen atoms in total. The van der Waals surface area contributed by atoms with E-state index in [0.717, 1.165) is 50.1 Å². The number of aryl methyl sites for hydroxylation is 1. The Balaban J connectivity index is 1.45. The second-order valence-electron chi connectivity index (χ2n) is 9.51. The summed E-state index contributed by atoms with van der Waals surface area (Å²) in [4.78, 5) is 25.9. The van der Waals surface area contributed by atoms with Crippen molar-refractivity contribution in [3.63, 3.8) is 0 Å². The molecule has 1 aliphatic heterocycles. The summed E-state index contributed by atoms with van der Waals surface area (Å²) in [5, 5.41) is 1.48. The summed E-state index contributed by atoms with van der Waals surface area (Å²) in [5.74, 6) is 0.672. The average Bonchev–Trinajstić information content (AvgIpc) is 3.21. The van der Waals surface area contributed by atoms with E-state index in [2.05, 4.69) is 22.5 Å². The van der Waals surface area contributed by atoms with E-state index in [9.17, 15) is 4.79 Å². The van der Waals surface area contributed by atoms with Crippen LogP contribution in [0.15, 0.2) is 79.7 Å². The Morgan fingerprint density at radius 2 is 2.00 bits per heavy atom. The molecule has 3 heterocycles. The van der Waals surface area contributed by atoms with Crippen LogP contribution in [0, 0.1) is 6.92 Å². The molecule has 0 N–H and O–H groups in total. The van der Waals surface area contributed by atoms with Gasteiger partial charge in [0.2, 0.25) is 0 Å². The molecule has 2 aromatic carbocycles. The second kappa shape index (κ2) is 10.7. The van der Waals surface area contributed by atoms with Crippen LogP contribution in [-0.4, -0.2) is 39.8 Å². The van der Waals surface area contributed by atoms with Gasteiger partial charge in [-0.25, -0.2) is 4.98 Å². The lowest BCUT2D eigenvalue weighted by Crippen LogP contribution is -2.24. The van der Waals surface area contributed by atoms with Gasteiger partial charge >= 0.3 is 0 Å². The van der Waals surface area contributed by atoms with Crippen LogP contribution in [0.1, 0.15) is 38.3 Å². The summed E-state index contributed by atoms with van der Waals surface area (Å²) in [5.41, 5.74) is 7.17. The molecule has 1 aliphatic rings. The fourth-order valence-corrected chi connectivity index (χ4v) is 5.10. The first kappa shape index (κ1) is 25.5. The molecule has 5 rings (SSSR count). The standard InChI is InChI=1S/C31H29ClN4O2/c1-5-9-28(35(3)4)25-14-20(2)34-30-24(25)12-8-13-29(30)38-19-26-22(15-33-16-27(26)32)18-36-17-21-10-6-7-11-23(21)31(36)37/h5-16H,1,17-19H2,2-4H3/b28-9-. The van der Waals surface area contributed by atoms with Gasteiger partial charge in [0.1, 0.15) is 17.9 Å². The lowest BCUT2D eigenvalue weighted by molar-refractivity contribution is 0.0765. The molecule has 0 unspecified atom stereocenters. The molecule has 0 atom stereocenters. The van der Waals surface area contributed by atoms with Crippen LogP contribution in [0.25, 0.3) is 16.6 Å². The number of pyridine rings is 2. The van der Waals surface area contributed by atoms with Gasteiger partial charge in [0, 0.05) is 73.0 Å². The number of nitrogens with zero attached hydrogens (tertiary/aromatic N) is 4. The molecule has 7 heteroatoms. The molecule has 38 heavy (non-hydrogen) atoms. The number of aromatic nitrogens is 2. The van der Waals surface area contributed by atoms with Crippen LogP contribution < -0.4 is 4.74 Å². The molecular weight excluding hydrogens is 496 g/mol. The van der Waals surface area contributed by atoms with E-state index in [1.807, 2.05) is 74.5 Å². The van der Waals surface area contributed by atoms with Gasteiger partial charge in [0.15, 0.2) is 0 Å². The van der Waals surface area contributed by atoms with Crippen molar-refractivity contribution in [1.29, 1.82) is 0 Å². The van der Waals surface area contributed by atoms with Crippen LogP contribution in [0.5, 0.6) is 5.75 Å². The van der Waals surface area contributed by atoms with Crippen LogP contribution in [0.2, 0.25) is 5.02 Å². The number of halogens is 1. The van der Waals surface area contributed by atoms with Crippen LogP contribution in [-0.2, 0) is 19.7 Å². The van der Waals surface area contributed by atoms with E-state index in [-0.39, 0.29) is 12.5 Å². The van der Waals surface area contributed by atoms with Crippen LogP contribution in [0.4, 0.5) is 0 Å². The molecule has 0 saturated heterocycles. The topological polar surface area (TPSA) is 58.6 Å². The van der Waals surface area contributed by atoms with Gasteiger partial charge in [-0.15, -0.1) is 0 Å². The van der Waals surface area contributed by atoms with Gasteiger partial charge in [-0.3, -0.25) is 9.78 Å². The zero-order valence-electron chi connectivity index (χ0n) is 21.7. The fourth-order valence-electron chi connectivity index (χ4n) is 4.87. The number of hydrogen-bond acceptors (Lipinski definition) is 5. The molecule has 0 fully saturated rings. The molecule has 1 amide bonds. The van der Waals surface area contributed by atoms with Gasteiger partial charge in [0.25, 0.3) is 5.91 Å². The van der Waals surface area contributed by atoms with Crippen molar-refractivity contribution in [1.82, 2.24) is 19.8 Å². The summed E-state index contributed by atoms with van der Waals surface area (Å²) >= 11 is 6.60. The van der Waals surface area contributed by atoms with E-state index in [0.29, 0.717) is 23.9 Å². The van der Waals surface area contributed by atoms with Gasteiger partial charge in [0.05, 0.1) is 5.02 Å². The SMILES string of the molecule is C=C/C=C(/c1cc(C)nc2c(OCc3c(Cl)cncc3CN3Cc4ccccc4C3=O)cccc12)N(C)C. The van der Waals surface area contributed by atoms with Crippen LogP contribution in [0.3, 0.4) is 0 Å². The van der Waals surface area contributed by atoms with Gasteiger partial charge in [-0.05, 0) is 42.3 Å². The molecule has 192 valence electrons. The summed E-state index contributed by atoms with van der Waals surface area (Å²) < 4.78 is 6.36. The predicted octanol–water partition coefficient (Wildman–Crippen LogP) is 6.42. The Morgan fingerprint density at radius 1 is 1.18 bits per heavy atom. The smallest absolute Gasteiger partial charge is 0.254 e. The number of amides is 1. The molecule has 2 aromatic heterocycles. The van der Waals surface area contributed by atoms with Gasteiger partial charge in [-0.1, -0.05) is 54.6 Å². The molecule has 0 spiro atoms. The van der Waals surface area contributed by atoms with E-state index < -0.39 is 0 Å². The van der Waals surface area contributed by atoms with E-state index in [1.165, 1.54) is 0 Å². The highest BCUT2D eigenvalue weighted by Crippen LogP contribution is 2.33. The molecule has 4 aromatic rings. The predicted molar refractivity (Wildman–Crippen MR) is 152 cm³/mol. The Kier molecular flexibility index (Phi) is 7.16.